The van der Waals surface area contributed by atoms with Gasteiger partial charge in [0.05, 0.1) is 19.4 Å². The third kappa shape index (κ3) is 8.38. The van der Waals surface area contributed by atoms with Crippen molar-refractivity contribution in [2.45, 2.75) is 30.6 Å². The Morgan fingerprint density at radius 2 is 1.83 bits per heavy atom. The van der Waals surface area contributed by atoms with Crippen LogP contribution in [-0.4, -0.2) is 85.9 Å². The van der Waals surface area contributed by atoms with Gasteiger partial charge in [-0.1, -0.05) is 41.6 Å². The minimum absolute atomic E-state index is 0. The monoisotopic (exact) mass is 544 g/mol. The Hall–Kier alpha value is -1.28. The number of nitrogens with zero attached hydrogens (tertiary/aromatic N) is 3. The summed E-state index contributed by atoms with van der Waals surface area (Å²) in [6.45, 7) is 2.64. The normalized spacial score (nSPS) is 25.1. The van der Waals surface area contributed by atoms with Crippen LogP contribution in [0.4, 0.5) is 0 Å². The van der Waals surface area contributed by atoms with E-state index < -0.39 is 58.0 Å². The SMILES string of the molecule is C=CCO[C@@H]1O[C@H](COS(=O)(=O)O)[C@@H](OS(=O)(=O)O)[C@H](n2cc(-c3ccccc3)nn2)[C@H]1OC.[Na+]. The van der Waals surface area contributed by atoms with E-state index in [1.165, 1.54) is 24.1 Å². The van der Waals surface area contributed by atoms with Crippen LogP contribution in [-0.2, 0) is 43.4 Å². The van der Waals surface area contributed by atoms with Gasteiger partial charge in [-0.25, -0.2) is 13.0 Å². The number of benzene rings is 1. The molecular formula is C18H23N3NaO11S2+. The molecule has 0 saturated carbocycles. The zero-order valence-electron chi connectivity index (χ0n) is 18.8. The number of hydrogen-bond acceptors (Lipinski definition) is 11. The summed E-state index contributed by atoms with van der Waals surface area (Å²) in [5, 5.41) is 8.13. The molecule has 1 fully saturated rings. The Balaban J connectivity index is 0.00000432. The van der Waals surface area contributed by atoms with Gasteiger partial charge in [0.2, 0.25) is 0 Å². The molecule has 14 nitrogen and oxygen atoms in total. The minimum Gasteiger partial charge on any atom is -0.374 e. The first-order chi connectivity index (χ1) is 16.0. The Bertz CT molecular complexity index is 1180. The maximum absolute atomic E-state index is 11.6. The van der Waals surface area contributed by atoms with Crippen LogP contribution in [0, 0.1) is 0 Å². The van der Waals surface area contributed by atoms with Crippen molar-refractivity contribution >= 4 is 20.8 Å². The second-order valence-corrected chi connectivity index (χ2v) is 9.15. The number of hydrogen-bond donors (Lipinski definition) is 2. The molecule has 0 spiro atoms. The van der Waals surface area contributed by atoms with Gasteiger partial charge in [-0.2, -0.15) is 16.8 Å². The third-order valence-corrected chi connectivity index (χ3v) is 5.67. The Labute approximate surface area is 224 Å². The Morgan fingerprint density at radius 1 is 1.14 bits per heavy atom. The van der Waals surface area contributed by atoms with Crippen molar-refractivity contribution < 1.29 is 78.1 Å². The first kappa shape index (κ1) is 29.9. The van der Waals surface area contributed by atoms with Gasteiger partial charge in [0, 0.05) is 12.7 Å². The van der Waals surface area contributed by atoms with E-state index in [1.807, 2.05) is 6.07 Å². The number of rotatable bonds is 11. The van der Waals surface area contributed by atoms with Gasteiger partial charge in [0.15, 0.2) is 6.29 Å². The summed E-state index contributed by atoms with van der Waals surface area (Å²) >= 11 is 0. The van der Waals surface area contributed by atoms with Gasteiger partial charge in [0.1, 0.15) is 30.0 Å². The molecule has 1 aromatic carbocycles. The molecule has 1 aromatic heterocycles. The van der Waals surface area contributed by atoms with E-state index in [1.54, 1.807) is 24.3 Å². The van der Waals surface area contributed by atoms with E-state index in [-0.39, 0.29) is 36.2 Å². The van der Waals surface area contributed by atoms with Crippen molar-refractivity contribution in [3.05, 3.63) is 49.2 Å². The second-order valence-electron chi connectivity index (χ2n) is 7.01. The molecule has 3 rings (SSSR count). The largest absolute Gasteiger partial charge is 1.00 e. The van der Waals surface area contributed by atoms with Gasteiger partial charge in [-0.05, 0) is 0 Å². The zero-order valence-corrected chi connectivity index (χ0v) is 22.4. The molecular weight excluding hydrogens is 521 g/mol. The molecule has 17 heteroatoms. The second kappa shape index (κ2) is 12.8. The number of methoxy groups -OCH3 is 1. The van der Waals surface area contributed by atoms with Crippen LogP contribution in [0.5, 0.6) is 0 Å². The van der Waals surface area contributed by atoms with Crippen molar-refractivity contribution in [1.29, 1.82) is 0 Å². The maximum atomic E-state index is 11.6. The van der Waals surface area contributed by atoms with Crippen molar-refractivity contribution in [3.8, 4) is 11.3 Å². The molecule has 5 atom stereocenters. The van der Waals surface area contributed by atoms with Gasteiger partial charge in [-0.3, -0.25) is 9.11 Å². The van der Waals surface area contributed by atoms with Gasteiger partial charge >= 0.3 is 50.4 Å². The fraction of sp³-hybridized carbons (Fsp3) is 0.444. The summed E-state index contributed by atoms with van der Waals surface area (Å²) in [7, 11) is -8.72. The van der Waals surface area contributed by atoms with Crippen LogP contribution in [0.1, 0.15) is 6.04 Å². The summed E-state index contributed by atoms with van der Waals surface area (Å²) in [6, 6.07) is 7.74. The first-order valence-electron chi connectivity index (χ1n) is 9.68. The van der Waals surface area contributed by atoms with E-state index in [4.69, 9.17) is 22.9 Å². The molecule has 1 saturated heterocycles. The predicted molar refractivity (Wildman–Crippen MR) is 114 cm³/mol. The Morgan fingerprint density at radius 3 is 2.40 bits per heavy atom. The molecule has 1 aliphatic heterocycles. The summed E-state index contributed by atoms with van der Waals surface area (Å²) < 4.78 is 91.0. The van der Waals surface area contributed by atoms with Crippen LogP contribution in [0.25, 0.3) is 11.3 Å². The van der Waals surface area contributed by atoms with Gasteiger partial charge in [-0.15, -0.1) is 11.7 Å². The number of aromatic nitrogens is 3. The quantitative estimate of drug-likeness (QED) is 0.171. The summed E-state index contributed by atoms with van der Waals surface area (Å²) in [5.74, 6) is 0. The van der Waals surface area contributed by atoms with Crippen molar-refractivity contribution in [2.24, 2.45) is 0 Å². The molecule has 1 aliphatic rings. The summed E-state index contributed by atoms with van der Waals surface area (Å²) in [4.78, 5) is 0. The fourth-order valence-electron chi connectivity index (χ4n) is 3.45. The average Bonchev–Trinajstić information content (AvgIpc) is 3.25. The van der Waals surface area contributed by atoms with Crippen LogP contribution in [0.2, 0.25) is 0 Å². The van der Waals surface area contributed by atoms with Gasteiger partial charge < -0.3 is 14.2 Å². The Kier molecular flexibility index (Phi) is 10.9. The fourth-order valence-corrected chi connectivity index (χ4v) is 4.28. The maximum Gasteiger partial charge on any atom is 1.00 e. The van der Waals surface area contributed by atoms with Crippen LogP contribution in [0.3, 0.4) is 0 Å². The molecule has 0 radical (unpaired) electrons. The molecule has 35 heavy (non-hydrogen) atoms. The van der Waals surface area contributed by atoms with Crippen LogP contribution in [0.15, 0.2) is 49.2 Å². The number of ether oxygens (including phenoxy) is 3. The van der Waals surface area contributed by atoms with E-state index >= 15 is 0 Å². The van der Waals surface area contributed by atoms with Gasteiger partial charge in [0.25, 0.3) is 0 Å². The predicted octanol–water partition coefficient (Wildman–Crippen LogP) is -2.56. The zero-order chi connectivity index (χ0) is 24.9. The first-order valence-corrected chi connectivity index (χ1v) is 12.4. The average molecular weight is 545 g/mol. The molecule has 2 N–H and O–H groups in total. The molecule has 0 bridgehead atoms. The minimum atomic E-state index is -5.08. The standard InChI is InChI=1S/C18H23N3O11S2.Na/c1-3-9-29-18-17(28-2)15(21-10-13(19-20-21)12-7-5-4-6-8-12)16(32-34(25,26)27)14(31-18)11-30-33(22,23)24;/h3-8,10,14-18H,1,9,11H2,2H3,(H,22,23,24)(H,25,26,27);/q;+1/t14-,15+,16-,17-,18-;/m1./s1. The topological polar surface area (TPSA) is 186 Å². The van der Waals surface area contributed by atoms with E-state index in [0.717, 1.165) is 0 Å². The van der Waals surface area contributed by atoms with Crippen LogP contribution < -0.4 is 29.6 Å². The van der Waals surface area contributed by atoms with Crippen molar-refractivity contribution in [3.63, 3.8) is 0 Å². The molecule has 0 unspecified atom stereocenters. The van der Waals surface area contributed by atoms with E-state index in [0.29, 0.717) is 11.3 Å². The molecule has 188 valence electrons. The van der Waals surface area contributed by atoms with E-state index in [9.17, 15) is 21.4 Å². The molecule has 2 aromatic rings. The third-order valence-electron chi connectivity index (χ3n) is 4.77. The molecule has 0 amide bonds. The van der Waals surface area contributed by atoms with Crippen molar-refractivity contribution in [1.82, 2.24) is 15.0 Å². The molecule has 0 aliphatic carbocycles. The summed E-state index contributed by atoms with van der Waals surface area (Å²) in [6.07, 6.45) is -2.55. The smallest absolute Gasteiger partial charge is 0.374 e. The van der Waals surface area contributed by atoms with Crippen LogP contribution >= 0.6 is 0 Å². The van der Waals surface area contributed by atoms with E-state index in [2.05, 4.69) is 21.1 Å². The molecule has 2 heterocycles. The van der Waals surface area contributed by atoms with Crippen molar-refractivity contribution in [2.75, 3.05) is 20.3 Å². The summed E-state index contributed by atoms with van der Waals surface area (Å²) in [5.41, 5.74) is 1.12.